The first-order chi connectivity index (χ1) is 17.8. The monoisotopic (exact) mass is 473 g/mol. The Labute approximate surface area is 211 Å². The highest BCUT2D eigenvalue weighted by Crippen LogP contribution is 2.43. The van der Waals surface area contributed by atoms with Crippen LogP contribution >= 0.6 is 0 Å². The van der Waals surface area contributed by atoms with E-state index < -0.39 is 0 Å². The smallest absolute Gasteiger partial charge is 0.203 e. The summed E-state index contributed by atoms with van der Waals surface area (Å²) in [5.74, 6) is 1.81. The van der Waals surface area contributed by atoms with Crippen molar-refractivity contribution in [3.8, 4) is 0 Å². The predicted octanol–water partition coefficient (Wildman–Crippen LogP) is 6.75. The molecular formula is C31H31N5. The third-order valence-corrected chi connectivity index (χ3v) is 7.77. The van der Waals surface area contributed by atoms with Crippen LogP contribution in [0.4, 0.5) is 5.82 Å². The summed E-state index contributed by atoms with van der Waals surface area (Å²) < 4.78 is 0. The summed E-state index contributed by atoms with van der Waals surface area (Å²) in [4.78, 5) is 4.36. The van der Waals surface area contributed by atoms with Crippen molar-refractivity contribution in [1.29, 1.82) is 0 Å². The molecule has 3 aromatic carbocycles. The molecule has 2 aromatic heterocycles. The second-order valence-corrected chi connectivity index (χ2v) is 9.97. The Balaban J connectivity index is 1.27. The van der Waals surface area contributed by atoms with E-state index in [9.17, 15) is 0 Å². The molecule has 180 valence electrons. The van der Waals surface area contributed by atoms with Gasteiger partial charge in [-0.2, -0.15) is 10.3 Å². The Hall–Kier alpha value is -3.99. The van der Waals surface area contributed by atoms with Crippen LogP contribution in [0.5, 0.6) is 0 Å². The van der Waals surface area contributed by atoms with Crippen LogP contribution in [0.25, 0.3) is 11.2 Å². The van der Waals surface area contributed by atoms with Crippen molar-refractivity contribution in [1.82, 2.24) is 20.4 Å². The van der Waals surface area contributed by atoms with E-state index in [1.165, 1.54) is 28.7 Å². The van der Waals surface area contributed by atoms with Gasteiger partial charge < -0.3 is 5.73 Å². The Kier molecular flexibility index (Phi) is 6.20. The lowest BCUT2D eigenvalue weighted by molar-refractivity contribution is 0.448. The number of nitrogen functional groups attached to an aromatic ring is 1. The molecule has 0 saturated heterocycles. The summed E-state index contributed by atoms with van der Waals surface area (Å²) in [7, 11) is 0. The number of benzene rings is 3. The van der Waals surface area contributed by atoms with Gasteiger partial charge in [0.05, 0.1) is 0 Å². The molecule has 0 saturated carbocycles. The fourth-order valence-electron chi connectivity index (χ4n) is 6.09. The second-order valence-electron chi connectivity index (χ2n) is 9.97. The van der Waals surface area contributed by atoms with Gasteiger partial charge in [0.15, 0.2) is 0 Å². The van der Waals surface area contributed by atoms with E-state index in [-0.39, 0.29) is 5.92 Å². The van der Waals surface area contributed by atoms with Gasteiger partial charge in [-0.25, -0.2) is 4.98 Å². The highest BCUT2D eigenvalue weighted by molar-refractivity contribution is 5.77. The van der Waals surface area contributed by atoms with Crippen molar-refractivity contribution >= 4 is 17.0 Å². The number of fused-ring (bicyclic) bond motifs is 2. The number of nitrogens with zero attached hydrogens (tertiary/aromatic N) is 3. The number of anilines is 1. The van der Waals surface area contributed by atoms with Gasteiger partial charge in [-0.05, 0) is 71.4 Å². The Morgan fingerprint density at radius 1 is 0.889 bits per heavy atom. The van der Waals surface area contributed by atoms with Crippen LogP contribution < -0.4 is 5.73 Å². The summed E-state index contributed by atoms with van der Waals surface area (Å²) in [5, 5.41) is 11.4. The van der Waals surface area contributed by atoms with Crippen molar-refractivity contribution in [3.05, 3.63) is 119 Å². The molecule has 3 atom stereocenters. The third-order valence-electron chi connectivity index (χ3n) is 7.77. The van der Waals surface area contributed by atoms with Crippen LogP contribution in [0, 0.1) is 0 Å². The molecule has 5 aromatic rings. The average molecular weight is 474 g/mol. The SMILES string of the molecule is Nc1cc(C(CCC[C@H]2C[C@H](c3ccccc3)Cc3ccccc32)c2ccccc2)c2n[nH]nc2n1. The molecule has 5 nitrogen and oxygen atoms in total. The second kappa shape index (κ2) is 9.94. The molecule has 6 rings (SSSR count). The van der Waals surface area contributed by atoms with Gasteiger partial charge in [0, 0.05) is 5.92 Å². The van der Waals surface area contributed by atoms with Crippen LogP contribution in [0.15, 0.2) is 91.0 Å². The lowest BCUT2D eigenvalue weighted by Gasteiger charge is -2.32. The quantitative estimate of drug-likeness (QED) is 0.274. The number of nitrogens with one attached hydrogen (secondary N) is 1. The molecule has 1 aliphatic rings. The molecular weight excluding hydrogens is 442 g/mol. The first-order valence-corrected chi connectivity index (χ1v) is 12.9. The predicted molar refractivity (Wildman–Crippen MR) is 145 cm³/mol. The number of nitrogens with two attached hydrogens (primary N) is 1. The Bertz CT molecular complexity index is 1440. The van der Waals surface area contributed by atoms with Crippen molar-refractivity contribution in [2.75, 3.05) is 5.73 Å². The number of aromatic amines is 1. The van der Waals surface area contributed by atoms with Crippen molar-refractivity contribution < 1.29 is 0 Å². The van der Waals surface area contributed by atoms with Gasteiger partial charge in [0.2, 0.25) is 5.65 Å². The Morgan fingerprint density at radius 3 is 2.47 bits per heavy atom. The highest BCUT2D eigenvalue weighted by atomic mass is 15.3. The van der Waals surface area contributed by atoms with Crippen LogP contribution in [0.2, 0.25) is 0 Å². The number of H-pyrrole nitrogens is 1. The normalized spacial score (nSPS) is 18.1. The highest BCUT2D eigenvalue weighted by Gasteiger charge is 2.28. The topological polar surface area (TPSA) is 80.5 Å². The first-order valence-electron chi connectivity index (χ1n) is 12.9. The molecule has 0 aliphatic heterocycles. The molecule has 5 heteroatoms. The lowest BCUT2D eigenvalue weighted by Crippen LogP contribution is -2.18. The van der Waals surface area contributed by atoms with Gasteiger partial charge in [-0.1, -0.05) is 91.3 Å². The average Bonchev–Trinajstić information content (AvgIpc) is 3.40. The molecule has 0 spiro atoms. The maximum Gasteiger partial charge on any atom is 0.203 e. The van der Waals surface area contributed by atoms with Crippen LogP contribution in [0.3, 0.4) is 0 Å². The molecule has 1 aliphatic carbocycles. The zero-order valence-corrected chi connectivity index (χ0v) is 20.3. The minimum atomic E-state index is 0.188. The molecule has 0 fully saturated rings. The summed E-state index contributed by atoms with van der Waals surface area (Å²) in [5.41, 5.74) is 14.4. The minimum absolute atomic E-state index is 0.188. The maximum absolute atomic E-state index is 6.18. The van der Waals surface area contributed by atoms with Crippen molar-refractivity contribution in [2.24, 2.45) is 0 Å². The molecule has 36 heavy (non-hydrogen) atoms. The van der Waals surface area contributed by atoms with E-state index >= 15 is 0 Å². The summed E-state index contributed by atoms with van der Waals surface area (Å²) in [6, 6.07) is 32.7. The fourth-order valence-corrected chi connectivity index (χ4v) is 6.09. The number of pyridine rings is 1. The summed E-state index contributed by atoms with van der Waals surface area (Å²) >= 11 is 0. The molecule has 2 heterocycles. The molecule has 0 radical (unpaired) electrons. The summed E-state index contributed by atoms with van der Waals surface area (Å²) in [6.45, 7) is 0. The van der Waals surface area contributed by atoms with Crippen molar-refractivity contribution in [2.45, 2.75) is 49.9 Å². The lowest BCUT2D eigenvalue weighted by atomic mass is 9.72. The summed E-state index contributed by atoms with van der Waals surface area (Å²) in [6.07, 6.45) is 5.62. The first kappa shape index (κ1) is 22.5. The minimum Gasteiger partial charge on any atom is -0.384 e. The fraction of sp³-hybridized carbons (Fsp3) is 0.258. The Morgan fingerprint density at radius 2 is 1.64 bits per heavy atom. The van der Waals surface area contributed by atoms with Crippen LogP contribution in [0.1, 0.15) is 71.3 Å². The van der Waals surface area contributed by atoms with Crippen LogP contribution in [-0.4, -0.2) is 20.4 Å². The number of aromatic nitrogens is 4. The van der Waals surface area contributed by atoms with Crippen molar-refractivity contribution in [3.63, 3.8) is 0 Å². The largest absolute Gasteiger partial charge is 0.384 e. The van der Waals surface area contributed by atoms with E-state index in [2.05, 4.69) is 105 Å². The number of rotatable bonds is 7. The van der Waals surface area contributed by atoms with Gasteiger partial charge >= 0.3 is 0 Å². The standard InChI is InChI=1S/C31H31N5/c32-29-20-28(30-31(33-29)35-36-34-30)27(22-12-5-2-6-13-22)17-9-15-24-19-25(21-10-3-1-4-11-21)18-23-14-7-8-16-26(23)24/h1-8,10-14,16,20,24-25,27H,9,15,17-19H2,(H3,32,33,34,35,36)/t24-,25+,27?/m0/s1. The maximum atomic E-state index is 6.18. The molecule has 3 N–H and O–H groups in total. The van der Waals surface area contributed by atoms with E-state index in [1.807, 2.05) is 6.07 Å². The van der Waals surface area contributed by atoms with Gasteiger partial charge in [0.25, 0.3) is 0 Å². The van der Waals surface area contributed by atoms with Crippen LogP contribution in [-0.2, 0) is 6.42 Å². The molecule has 1 unspecified atom stereocenters. The third kappa shape index (κ3) is 4.49. The zero-order valence-electron chi connectivity index (χ0n) is 20.3. The van der Waals surface area contributed by atoms with E-state index in [1.54, 1.807) is 0 Å². The van der Waals surface area contributed by atoms with Gasteiger partial charge in [0.1, 0.15) is 11.3 Å². The number of hydrogen-bond donors (Lipinski definition) is 2. The molecule has 0 amide bonds. The van der Waals surface area contributed by atoms with Gasteiger partial charge in [-0.3, -0.25) is 0 Å². The number of hydrogen-bond acceptors (Lipinski definition) is 4. The van der Waals surface area contributed by atoms with Gasteiger partial charge in [-0.15, -0.1) is 5.10 Å². The van der Waals surface area contributed by atoms with E-state index in [0.29, 0.717) is 23.3 Å². The van der Waals surface area contributed by atoms with E-state index in [4.69, 9.17) is 5.73 Å². The zero-order chi connectivity index (χ0) is 24.3. The molecule has 0 bridgehead atoms. The van der Waals surface area contributed by atoms with E-state index in [0.717, 1.165) is 36.8 Å².